The molecule has 23 heavy (non-hydrogen) atoms. The van der Waals surface area contributed by atoms with E-state index in [0.29, 0.717) is 17.4 Å². The van der Waals surface area contributed by atoms with E-state index >= 15 is 0 Å². The van der Waals surface area contributed by atoms with Crippen LogP contribution in [-0.2, 0) is 16.6 Å². The van der Waals surface area contributed by atoms with Gasteiger partial charge in [-0.3, -0.25) is 4.72 Å². The highest BCUT2D eigenvalue weighted by Gasteiger charge is 2.23. The van der Waals surface area contributed by atoms with Gasteiger partial charge in [-0.25, -0.2) is 13.1 Å². The van der Waals surface area contributed by atoms with Crippen molar-refractivity contribution in [3.63, 3.8) is 0 Å². The van der Waals surface area contributed by atoms with Crippen LogP contribution in [0.25, 0.3) is 16.8 Å². The lowest BCUT2D eigenvalue weighted by molar-refractivity contribution is 0.588. The van der Waals surface area contributed by atoms with Crippen molar-refractivity contribution in [3.05, 3.63) is 53.9 Å². The van der Waals surface area contributed by atoms with Crippen molar-refractivity contribution in [1.82, 2.24) is 14.3 Å². The van der Waals surface area contributed by atoms with Gasteiger partial charge in [0.15, 0.2) is 0 Å². The minimum Gasteiger partial charge on any atom is -0.332 e. The first kappa shape index (κ1) is 14.3. The fraction of sp³-hybridized carbons (Fsp3) is 0.133. The predicted octanol–water partition coefficient (Wildman–Crippen LogP) is 2.75. The van der Waals surface area contributed by atoms with Crippen LogP contribution in [0.3, 0.4) is 0 Å². The molecule has 6 nitrogen and oxygen atoms in total. The second-order valence-electron chi connectivity index (χ2n) is 5.34. The lowest BCUT2D eigenvalue weighted by Crippen LogP contribution is -2.27. The van der Waals surface area contributed by atoms with E-state index in [1.807, 2.05) is 41.1 Å². The number of nitrogens with zero attached hydrogens (tertiary/aromatic N) is 3. The summed E-state index contributed by atoms with van der Waals surface area (Å²) in [6.07, 6.45) is 5.20. The van der Waals surface area contributed by atoms with Gasteiger partial charge in [-0.05, 0) is 23.8 Å². The molecule has 1 aliphatic heterocycles. The molecule has 1 N–H and O–H groups in total. The Kier molecular flexibility index (Phi) is 3.21. The predicted molar refractivity (Wildman–Crippen MR) is 89.4 cm³/mol. The molecule has 8 heteroatoms. The van der Waals surface area contributed by atoms with Crippen molar-refractivity contribution in [3.8, 4) is 16.8 Å². The number of nitrogens with one attached hydrogen (secondary N) is 1. The fourth-order valence-corrected chi connectivity index (χ4v) is 3.86. The van der Waals surface area contributed by atoms with Gasteiger partial charge in [-0.2, -0.15) is 5.10 Å². The zero-order valence-corrected chi connectivity index (χ0v) is 13.5. The van der Waals surface area contributed by atoms with E-state index < -0.39 is 10.0 Å². The van der Waals surface area contributed by atoms with Crippen molar-refractivity contribution in [2.24, 2.45) is 0 Å². The first-order chi connectivity index (χ1) is 11.0. The Morgan fingerprint density at radius 3 is 2.65 bits per heavy atom. The smallest absolute Gasteiger partial charge is 0.235 e. The molecule has 1 aromatic carbocycles. The molecule has 3 heterocycles. The summed E-state index contributed by atoms with van der Waals surface area (Å²) < 4.78 is 29.8. The molecule has 118 valence electrons. The molecule has 0 radical (unpaired) electrons. The van der Waals surface area contributed by atoms with E-state index in [2.05, 4.69) is 9.82 Å². The van der Waals surface area contributed by atoms with Crippen molar-refractivity contribution < 1.29 is 8.42 Å². The highest BCUT2D eigenvalue weighted by atomic mass is 35.5. The zero-order chi connectivity index (χ0) is 16.0. The Bertz CT molecular complexity index is 973. The third kappa shape index (κ3) is 2.62. The van der Waals surface area contributed by atoms with Crippen molar-refractivity contribution in [1.29, 1.82) is 0 Å². The van der Waals surface area contributed by atoms with Gasteiger partial charge in [-0.15, -0.1) is 0 Å². The average Bonchev–Trinajstić information content (AvgIpc) is 3.12. The van der Waals surface area contributed by atoms with Gasteiger partial charge in [0.25, 0.3) is 0 Å². The second-order valence-corrected chi connectivity index (χ2v) is 7.62. The van der Waals surface area contributed by atoms with Crippen LogP contribution in [0.5, 0.6) is 0 Å². The Labute approximate surface area is 138 Å². The third-order valence-electron chi connectivity index (χ3n) is 3.81. The standard InChI is InChI=1S/C15H13ClN4O2S/c16-12-9-17-20(10-12)13-3-1-11(2-4-13)14-5-6-19-7-8-23(21,22)18-15(14)19/h1-6,9-10,18H,7-8H2. The summed E-state index contributed by atoms with van der Waals surface area (Å²) in [6.45, 7) is 0.467. The zero-order valence-electron chi connectivity index (χ0n) is 12.0. The number of aromatic nitrogens is 3. The average molecular weight is 349 g/mol. The van der Waals surface area contributed by atoms with E-state index in [1.165, 1.54) is 0 Å². The normalized spacial score (nSPS) is 15.9. The van der Waals surface area contributed by atoms with Crippen LogP contribution in [0.1, 0.15) is 0 Å². The number of benzene rings is 1. The summed E-state index contributed by atoms with van der Waals surface area (Å²) in [6, 6.07) is 9.62. The third-order valence-corrected chi connectivity index (χ3v) is 5.23. The molecule has 0 aliphatic carbocycles. The molecule has 0 atom stereocenters. The van der Waals surface area contributed by atoms with Crippen LogP contribution in [0, 0.1) is 0 Å². The summed E-state index contributed by atoms with van der Waals surface area (Å²) >= 11 is 5.88. The van der Waals surface area contributed by atoms with Crippen LogP contribution in [0.15, 0.2) is 48.9 Å². The number of aryl methyl sites for hydroxylation is 1. The number of hydrogen-bond acceptors (Lipinski definition) is 3. The molecule has 2 aromatic heterocycles. The maximum Gasteiger partial charge on any atom is 0.235 e. The number of fused-ring (bicyclic) bond motifs is 1. The van der Waals surface area contributed by atoms with Crippen LogP contribution >= 0.6 is 11.6 Å². The summed E-state index contributed by atoms with van der Waals surface area (Å²) in [5.41, 5.74) is 2.68. The van der Waals surface area contributed by atoms with Crippen molar-refractivity contribution >= 4 is 27.4 Å². The topological polar surface area (TPSA) is 68.9 Å². The number of sulfonamides is 1. The van der Waals surface area contributed by atoms with Crippen LogP contribution in [0.4, 0.5) is 5.82 Å². The highest BCUT2D eigenvalue weighted by Crippen LogP contribution is 2.32. The van der Waals surface area contributed by atoms with Crippen molar-refractivity contribution in [2.45, 2.75) is 6.54 Å². The molecule has 0 bridgehead atoms. The van der Waals surface area contributed by atoms with Gasteiger partial charge in [0.2, 0.25) is 10.0 Å². The maximum absolute atomic E-state index is 11.8. The molecule has 0 saturated carbocycles. The fourth-order valence-electron chi connectivity index (χ4n) is 2.66. The molecule has 4 rings (SSSR count). The molecule has 3 aromatic rings. The SMILES string of the molecule is O=S1(=O)CCn2ccc(-c3ccc(-n4cc(Cl)cn4)cc3)c2N1. The molecular formula is C15H13ClN4O2S. The first-order valence-electron chi connectivity index (χ1n) is 7.02. The summed E-state index contributed by atoms with van der Waals surface area (Å²) in [7, 11) is -3.24. The summed E-state index contributed by atoms with van der Waals surface area (Å²) in [5.74, 6) is 0.721. The molecule has 1 aliphatic rings. The van der Waals surface area contributed by atoms with Crippen LogP contribution in [0.2, 0.25) is 5.02 Å². The van der Waals surface area contributed by atoms with Gasteiger partial charge >= 0.3 is 0 Å². The highest BCUT2D eigenvalue weighted by molar-refractivity contribution is 7.92. The Morgan fingerprint density at radius 1 is 1.17 bits per heavy atom. The number of halogens is 1. The molecule has 0 fully saturated rings. The summed E-state index contributed by atoms with van der Waals surface area (Å²) in [5, 5.41) is 4.73. The lowest BCUT2D eigenvalue weighted by atomic mass is 10.1. The largest absolute Gasteiger partial charge is 0.332 e. The summed E-state index contributed by atoms with van der Waals surface area (Å²) in [4.78, 5) is 0. The monoisotopic (exact) mass is 348 g/mol. The quantitative estimate of drug-likeness (QED) is 0.774. The van der Waals surface area contributed by atoms with Gasteiger partial charge in [0.05, 0.1) is 22.7 Å². The van der Waals surface area contributed by atoms with E-state index in [1.54, 1.807) is 17.1 Å². The Morgan fingerprint density at radius 2 is 1.96 bits per heavy atom. The number of anilines is 1. The van der Waals surface area contributed by atoms with E-state index in [9.17, 15) is 8.42 Å². The van der Waals surface area contributed by atoms with E-state index in [4.69, 9.17) is 11.6 Å². The molecule has 0 unspecified atom stereocenters. The van der Waals surface area contributed by atoms with Gasteiger partial charge in [0, 0.05) is 24.5 Å². The van der Waals surface area contributed by atoms with Gasteiger partial charge in [0.1, 0.15) is 5.82 Å². The number of rotatable bonds is 2. The first-order valence-corrected chi connectivity index (χ1v) is 9.05. The molecule has 0 spiro atoms. The second kappa shape index (κ2) is 5.14. The minimum absolute atomic E-state index is 0.104. The Hall–Kier alpha value is -2.25. The van der Waals surface area contributed by atoms with E-state index in [-0.39, 0.29) is 5.75 Å². The van der Waals surface area contributed by atoms with Crippen molar-refractivity contribution in [2.75, 3.05) is 10.5 Å². The number of hydrogen-bond donors (Lipinski definition) is 1. The van der Waals surface area contributed by atoms with Crippen LogP contribution < -0.4 is 4.72 Å². The van der Waals surface area contributed by atoms with Crippen LogP contribution in [-0.4, -0.2) is 28.5 Å². The van der Waals surface area contributed by atoms with Gasteiger partial charge < -0.3 is 4.57 Å². The molecular weight excluding hydrogens is 336 g/mol. The van der Waals surface area contributed by atoms with E-state index in [0.717, 1.165) is 16.8 Å². The maximum atomic E-state index is 11.8. The minimum atomic E-state index is -3.24. The van der Waals surface area contributed by atoms with Gasteiger partial charge in [-0.1, -0.05) is 23.7 Å². The Balaban J connectivity index is 1.71. The lowest BCUT2D eigenvalue weighted by Gasteiger charge is -2.19. The molecule has 0 saturated heterocycles. The molecule has 0 amide bonds.